The third kappa shape index (κ3) is 3.57. The summed E-state index contributed by atoms with van der Waals surface area (Å²) in [5, 5.41) is 3.46. The van der Waals surface area contributed by atoms with E-state index in [2.05, 4.69) is 31.2 Å². The molecule has 0 spiro atoms. The van der Waals surface area contributed by atoms with Crippen LogP contribution in [0.3, 0.4) is 0 Å². The molecule has 1 heterocycles. The van der Waals surface area contributed by atoms with Crippen LogP contribution < -0.4 is 11.1 Å². The maximum absolute atomic E-state index is 5.78. The highest BCUT2D eigenvalue weighted by molar-refractivity contribution is 9.10. The van der Waals surface area contributed by atoms with Crippen molar-refractivity contribution in [1.29, 1.82) is 0 Å². The first kappa shape index (κ1) is 12.1. The minimum Gasteiger partial charge on any atom is -0.368 e. The maximum Gasteiger partial charge on any atom is 0.223 e. The molecular formula is C11H10BrClN4. The van der Waals surface area contributed by atoms with Crippen molar-refractivity contribution >= 4 is 39.3 Å². The normalized spacial score (nSPS) is 10.2. The topological polar surface area (TPSA) is 63.8 Å². The fourth-order valence-electron chi connectivity index (χ4n) is 1.37. The standard InChI is InChI=1S/C11H10BrClN4/c12-8-3-1-2-7(4-8)6-15-10-5-9(13)16-11(14)17-10/h1-5H,6H2,(H3,14,15,16,17). The van der Waals surface area contributed by atoms with Crippen LogP contribution in [0.15, 0.2) is 34.8 Å². The quantitative estimate of drug-likeness (QED) is 0.855. The number of nitrogens with one attached hydrogen (secondary N) is 1. The van der Waals surface area contributed by atoms with Gasteiger partial charge < -0.3 is 11.1 Å². The molecule has 0 bridgehead atoms. The number of rotatable bonds is 3. The molecule has 0 saturated heterocycles. The van der Waals surface area contributed by atoms with E-state index >= 15 is 0 Å². The van der Waals surface area contributed by atoms with Gasteiger partial charge in [-0.15, -0.1) is 0 Å². The Labute approximate surface area is 112 Å². The van der Waals surface area contributed by atoms with Crippen molar-refractivity contribution < 1.29 is 0 Å². The van der Waals surface area contributed by atoms with E-state index in [0.717, 1.165) is 10.0 Å². The first-order valence-corrected chi connectivity index (χ1v) is 6.09. The predicted octanol–water partition coefficient (Wildman–Crippen LogP) is 3.09. The average molecular weight is 314 g/mol. The first-order chi connectivity index (χ1) is 8.13. The molecule has 0 atom stereocenters. The first-order valence-electron chi connectivity index (χ1n) is 4.92. The summed E-state index contributed by atoms with van der Waals surface area (Å²) in [5.41, 5.74) is 6.63. The van der Waals surface area contributed by atoms with Gasteiger partial charge >= 0.3 is 0 Å². The smallest absolute Gasteiger partial charge is 0.223 e. The van der Waals surface area contributed by atoms with Crippen LogP contribution in [0.1, 0.15) is 5.56 Å². The van der Waals surface area contributed by atoms with Crippen molar-refractivity contribution in [3.8, 4) is 0 Å². The van der Waals surface area contributed by atoms with Crippen LogP contribution >= 0.6 is 27.5 Å². The summed E-state index contributed by atoms with van der Waals surface area (Å²) in [5.74, 6) is 0.775. The lowest BCUT2D eigenvalue weighted by atomic mass is 10.2. The molecule has 1 aromatic heterocycles. The van der Waals surface area contributed by atoms with Crippen LogP contribution in [0.5, 0.6) is 0 Å². The predicted molar refractivity (Wildman–Crippen MR) is 72.9 cm³/mol. The highest BCUT2D eigenvalue weighted by Gasteiger charge is 2.00. The monoisotopic (exact) mass is 312 g/mol. The van der Waals surface area contributed by atoms with Gasteiger partial charge in [-0.25, -0.2) is 4.98 Å². The van der Waals surface area contributed by atoms with E-state index in [1.165, 1.54) is 0 Å². The Morgan fingerprint density at radius 2 is 2.12 bits per heavy atom. The molecule has 1 aromatic carbocycles. The fourth-order valence-corrected chi connectivity index (χ4v) is 2.00. The number of hydrogen-bond donors (Lipinski definition) is 2. The van der Waals surface area contributed by atoms with Crippen LogP contribution in [0.2, 0.25) is 5.15 Å². The zero-order valence-electron chi connectivity index (χ0n) is 8.82. The second-order valence-corrected chi connectivity index (χ2v) is 4.72. The Kier molecular flexibility index (Phi) is 3.81. The van der Waals surface area contributed by atoms with Crippen LogP contribution in [0.25, 0.3) is 0 Å². The van der Waals surface area contributed by atoms with E-state index in [4.69, 9.17) is 17.3 Å². The summed E-state index contributed by atoms with van der Waals surface area (Å²) in [6, 6.07) is 9.63. The third-order valence-electron chi connectivity index (χ3n) is 2.07. The highest BCUT2D eigenvalue weighted by Crippen LogP contribution is 2.15. The number of halogens is 2. The molecule has 88 valence electrons. The fraction of sp³-hybridized carbons (Fsp3) is 0.0909. The number of aromatic nitrogens is 2. The lowest BCUT2D eigenvalue weighted by Gasteiger charge is -2.06. The van der Waals surface area contributed by atoms with E-state index in [1.54, 1.807) is 6.07 Å². The number of benzene rings is 1. The summed E-state index contributed by atoms with van der Waals surface area (Å²) < 4.78 is 1.04. The van der Waals surface area contributed by atoms with Gasteiger partial charge in [0.2, 0.25) is 5.95 Å². The lowest BCUT2D eigenvalue weighted by molar-refractivity contribution is 1.09. The summed E-state index contributed by atoms with van der Waals surface area (Å²) in [7, 11) is 0. The Hall–Kier alpha value is -1.33. The molecular weight excluding hydrogens is 304 g/mol. The van der Waals surface area contributed by atoms with Gasteiger partial charge in [0.15, 0.2) is 0 Å². The Morgan fingerprint density at radius 3 is 2.82 bits per heavy atom. The summed E-state index contributed by atoms with van der Waals surface area (Å²) in [4.78, 5) is 7.82. The maximum atomic E-state index is 5.78. The molecule has 4 nitrogen and oxygen atoms in total. The van der Waals surface area contributed by atoms with Gasteiger partial charge in [-0.05, 0) is 17.7 Å². The third-order valence-corrected chi connectivity index (χ3v) is 2.76. The molecule has 0 amide bonds. The van der Waals surface area contributed by atoms with Crippen molar-refractivity contribution in [2.75, 3.05) is 11.1 Å². The van der Waals surface area contributed by atoms with E-state index in [9.17, 15) is 0 Å². The zero-order valence-corrected chi connectivity index (χ0v) is 11.2. The largest absolute Gasteiger partial charge is 0.368 e. The van der Waals surface area contributed by atoms with Crippen molar-refractivity contribution in [2.24, 2.45) is 0 Å². The molecule has 17 heavy (non-hydrogen) atoms. The van der Waals surface area contributed by atoms with Crippen molar-refractivity contribution in [3.63, 3.8) is 0 Å². The number of nitrogens with two attached hydrogens (primary N) is 1. The number of hydrogen-bond acceptors (Lipinski definition) is 4. The van der Waals surface area contributed by atoms with Gasteiger partial charge in [-0.2, -0.15) is 4.98 Å². The SMILES string of the molecule is Nc1nc(Cl)cc(NCc2cccc(Br)c2)n1. The number of anilines is 2. The van der Waals surface area contributed by atoms with Gasteiger partial charge in [0.1, 0.15) is 11.0 Å². The van der Waals surface area contributed by atoms with Gasteiger partial charge in [0.25, 0.3) is 0 Å². The molecule has 0 radical (unpaired) electrons. The van der Waals surface area contributed by atoms with E-state index in [0.29, 0.717) is 17.5 Å². The minimum absolute atomic E-state index is 0.161. The van der Waals surface area contributed by atoms with Gasteiger partial charge in [-0.1, -0.05) is 39.7 Å². The van der Waals surface area contributed by atoms with Gasteiger partial charge in [0, 0.05) is 17.1 Å². The molecule has 0 aliphatic rings. The highest BCUT2D eigenvalue weighted by atomic mass is 79.9. The minimum atomic E-state index is 0.161. The molecule has 0 fully saturated rings. The molecule has 0 aliphatic heterocycles. The molecule has 0 aliphatic carbocycles. The summed E-state index contributed by atoms with van der Waals surface area (Å²) >= 11 is 9.20. The van der Waals surface area contributed by atoms with Crippen LogP contribution in [0, 0.1) is 0 Å². The van der Waals surface area contributed by atoms with Crippen molar-refractivity contribution in [3.05, 3.63) is 45.5 Å². The molecule has 3 N–H and O–H groups in total. The Bertz CT molecular complexity index is 512. The molecule has 2 rings (SSSR count). The van der Waals surface area contributed by atoms with E-state index in [1.807, 2.05) is 24.3 Å². The zero-order chi connectivity index (χ0) is 12.3. The number of nitrogens with zero attached hydrogens (tertiary/aromatic N) is 2. The number of nitrogen functional groups attached to an aromatic ring is 1. The second-order valence-electron chi connectivity index (χ2n) is 3.42. The Morgan fingerprint density at radius 1 is 1.29 bits per heavy atom. The van der Waals surface area contributed by atoms with Crippen molar-refractivity contribution in [2.45, 2.75) is 6.54 Å². The molecule has 0 unspecified atom stereocenters. The molecule has 2 aromatic rings. The van der Waals surface area contributed by atoms with Crippen LogP contribution in [0.4, 0.5) is 11.8 Å². The molecule has 6 heteroatoms. The van der Waals surface area contributed by atoms with Crippen molar-refractivity contribution in [1.82, 2.24) is 9.97 Å². The van der Waals surface area contributed by atoms with Crippen LogP contribution in [-0.2, 0) is 6.54 Å². The second kappa shape index (κ2) is 5.33. The van der Waals surface area contributed by atoms with Crippen LogP contribution in [-0.4, -0.2) is 9.97 Å². The van der Waals surface area contributed by atoms with E-state index < -0.39 is 0 Å². The summed E-state index contributed by atoms with van der Waals surface area (Å²) in [6.07, 6.45) is 0. The van der Waals surface area contributed by atoms with Gasteiger partial charge in [0.05, 0.1) is 0 Å². The summed E-state index contributed by atoms with van der Waals surface area (Å²) in [6.45, 7) is 0.645. The lowest BCUT2D eigenvalue weighted by Crippen LogP contribution is -2.04. The Balaban J connectivity index is 2.07. The molecule has 0 saturated carbocycles. The average Bonchev–Trinajstić information content (AvgIpc) is 2.25. The van der Waals surface area contributed by atoms with E-state index in [-0.39, 0.29) is 5.95 Å². The van der Waals surface area contributed by atoms with Gasteiger partial charge in [-0.3, -0.25) is 0 Å².